The van der Waals surface area contributed by atoms with E-state index in [0.29, 0.717) is 22.7 Å². The predicted octanol–water partition coefficient (Wildman–Crippen LogP) is 3.63. The second-order valence-corrected chi connectivity index (χ2v) is 6.90. The molecule has 0 unspecified atom stereocenters. The molecule has 2 heterocycles. The van der Waals surface area contributed by atoms with Gasteiger partial charge < -0.3 is 19.3 Å². The van der Waals surface area contributed by atoms with E-state index in [1.54, 1.807) is 30.3 Å². The van der Waals surface area contributed by atoms with Crippen molar-refractivity contribution in [2.75, 3.05) is 12.4 Å². The second-order valence-electron chi connectivity index (χ2n) is 6.90. The zero-order chi connectivity index (χ0) is 20.4. The Hall–Kier alpha value is -3.61. The molecule has 1 atom stereocenters. The summed E-state index contributed by atoms with van der Waals surface area (Å²) in [6.07, 6.45) is 1.04. The Morgan fingerprint density at radius 2 is 2.03 bits per heavy atom. The Morgan fingerprint density at radius 1 is 1.21 bits per heavy atom. The first-order valence-electron chi connectivity index (χ1n) is 9.26. The highest BCUT2D eigenvalue weighted by Crippen LogP contribution is 2.33. The summed E-state index contributed by atoms with van der Waals surface area (Å²) in [7, 11) is 1.30. The Bertz CT molecular complexity index is 1070. The molecule has 29 heavy (non-hydrogen) atoms. The normalized spacial score (nSPS) is 14.8. The summed E-state index contributed by atoms with van der Waals surface area (Å²) < 4.78 is 15.9. The zero-order valence-corrected chi connectivity index (χ0v) is 16.1. The lowest BCUT2D eigenvalue weighted by Gasteiger charge is -2.08. The number of aromatic nitrogens is 1. The largest absolute Gasteiger partial charge is 0.490 e. The number of carbonyl (C=O) groups excluding carboxylic acids is 2. The van der Waals surface area contributed by atoms with Gasteiger partial charge in [0, 0.05) is 18.1 Å². The van der Waals surface area contributed by atoms with Gasteiger partial charge in [-0.1, -0.05) is 17.3 Å². The number of ether oxygens (including phenoxy) is 2. The van der Waals surface area contributed by atoms with Crippen LogP contribution in [0.2, 0.25) is 0 Å². The lowest BCUT2D eigenvalue weighted by molar-refractivity contribution is -0.115. The third-order valence-corrected chi connectivity index (χ3v) is 4.69. The molecule has 1 amide bonds. The fourth-order valence-corrected chi connectivity index (χ4v) is 3.35. The van der Waals surface area contributed by atoms with Gasteiger partial charge in [-0.15, -0.1) is 0 Å². The molecule has 0 saturated heterocycles. The van der Waals surface area contributed by atoms with Gasteiger partial charge in [-0.3, -0.25) is 4.79 Å². The lowest BCUT2D eigenvalue weighted by atomic mass is 10.1. The van der Waals surface area contributed by atoms with E-state index in [1.165, 1.54) is 7.11 Å². The van der Waals surface area contributed by atoms with Gasteiger partial charge in [-0.05, 0) is 42.8 Å². The topological polar surface area (TPSA) is 90.7 Å². The van der Waals surface area contributed by atoms with Crippen molar-refractivity contribution >= 4 is 17.6 Å². The zero-order valence-electron chi connectivity index (χ0n) is 16.1. The van der Waals surface area contributed by atoms with Gasteiger partial charge in [0.2, 0.25) is 5.91 Å². The van der Waals surface area contributed by atoms with Crippen molar-refractivity contribution < 1.29 is 23.6 Å². The third kappa shape index (κ3) is 3.99. The van der Waals surface area contributed by atoms with Gasteiger partial charge in [0.25, 0.3) is 0 Å². The minimum atomic E-state index is -0.514. The third-order valence-electron chi connectivity index (χ3n) is 4.69. The van der Waals surface area contributed by atoms with Gasteiger partial charge in [0.05, 0.1) is 30.5 Å². The van der Waals surface area contributed by atoms with Crippen LogP contribution >= 0.6 is 0 Å². The fourth-order valence-electron chi connectivity index (χ4n) is 3.35. The number of nitrogens with zero attached hydrogens (tertiary/aromatic N) is 1. The number of amides is 1. The molecule has 1 aliphatic rings. The molecule has 2 aromatic carbocycles. The van der Waals surface area contributed by atoms with Crippen LogP contribution in [0, 0.1) is 0 Å². The number of methoxy groups -OCH3 is 1. The SMILES string of the molecule is COC(=O)c1ccccc1NC(=O)Cc1cc(-c2ccc3c(c2)C[C@@H](C)O3)on1. The van der Waals surface area contributed by atoms with E-state index in [0.717, 1.165) is 23.3 Å². The minimum absolute atomic E-state index is 0.0179. The number of para-hydroxylation sites is 1. The molecule has 0 saturated carbocycles. The molecule has 4 rings (SSSR count). The second kappa shape index (κ2) is 7.79. The molecule has 0 aliphatic carbocycles. The number of carbonyl (C=O) groups is 2. The number of anilines is 1. The fraction of sp³-hybridized carbons (Fsp3) is 0.227. The van der Waals surface area contributed by atoms with Crippen LogP contribution in [0.15, 0.2) is 53.1 Å². The van der Waals surface area contributed by atoms with Gasteiger partial charge in [0.15, 0.2) is 5.76 Å². The Morgan fingerprint density at radius 3 is 2.86 bits per heavy atom. The standard InChI is InChI=1S/C22H20N2O5/c1-13-9-15-10-14(7-8-19(15)28-13)20-11-16(24-29-20)12-21(25)23-18-6-4-3-5-17(18)22(26)27-2/h3-8,10-11,13H,9,12H2,1-2H3,(H,23,25)/t13-/m1/s1. The molecule has 7 nitrogen and oxygen atoms in total. The van der Waals surface area contributed by atoms with Crippen LogP contribution in [0.3, 0.4) is 0 Å². The van der Waals surface area contributed by atoms with Gasteiger partial charge in [0.1, 0.15) is 11.9 Å². The van der Waals surface area contributed by atoms with Crippen LogP contribution < -0.4 is 10.1 Å². The molecule has 148 valence electrons. The van der Waals surface area contributed by atoms with Crippen molar-refractivity contribution in [3.63, 3.8) is 0 Å². The number of hydrogen-bond donors (Lipinski definition) is 1. The first kappa shape index (κ1) is 18.7. The van der Waals surface area contributed by atoms with Crippen LogP contribution in [0.5, 0.6) is 5.75 Å². The minimum Gasteiger partial charge on any atom is -0.490 e. The highest BCUT2D eigenvalue weighted by Gasteiger charge is 2.20. The number of hydrogen-bond acceptors (Lipinski definition) is 6. The summed E-state index contributed by atoms with van der Waals surface area (Å²) in [5, 5.41) is 6.72. The van der Waals surface area contributed by atoms with Gasteiger partial charge in [-0.25, -0.2) is 4.79 Å². The highest BCUT2D eigenvalue weighted by atomic mass is 16.5. The van der Waals surface area contributed by atoms with E-state index in [-0.39, 0.29) is 18.4 Å². The molecular weight excluding hydrogens is 372 g/mol. The summed E-state index contributed by atoms with van der Waals surface area (Å²) in [5.41, 5.74) is 3.19. The van der Waals surface area contributed by atoms with Crippen LogP contribution in [-0.4, -0.2) is 30.2 Å². The monoisotopic (exact) mass is 392 g/mol. The predicted molar refractivity (Wildman–Crippen MR) is 106 cm³/mol. The quantitative estimate of drug-likeness (QED) is 0.667. The maximum absolute atomic E-state index is 12.4. The first-order chi connectivity index (χ1) is 14.0. The molecule has 3 aromatic rings. The molecule has 0 fully saturated rings. The molecule has 7 heteroatoms. The molecular formula is C22H20N2O5. The molecule has 1 aliphatic heterocycles. The van der Waals surface area contributed by atoms with Gasteiger partial charge >= 0.3 is 5.97 Å². The summed E-state index contributed by atoms with van der Waals surface area (Å²) in [4.78, 5) is 24.2. The van der Waals surface area contributed by atoms with E-state index in [9.17, 15) is 9.59 Å². The highest BCUT2D eigenvalue weighted by molar-refractivity contribution is 6.01. The smallest absolute Gasteiger partial charge is 0.339 e. The van der Waals surface area contributed by atoms with Crippen LogP contribution in [0.4, 0.5) is 5.69 Å². The summed E-state index contributed by atoms with van der Waals surface area (Å²) in [5.74, 6) is 0.659. The van der Waals surface area contributed by atoms with E-state index in [4.69, 9.17) is 14.0 Å². The Kier molecular flexibility index (Phi) is 5.03. The number of fused-ring (bicyclic) bond motifs is 1. The molecule has 0 radical (unpaired) electrons. The number of rotatable bonds is 5. The Balaban J connectivity index is 1.46. The van der Waals surface area contributed by atoms with Crippen molar-refractivity contribution in [3.8, 4) is 17.1 Å². The first-order valence-corrected chi connectivity index (χ1v) is 9.26. The number of nitrogens with one attached hydrogen (secondary N) is 1. The van der Waals surface area contributed by atoms with Crippen molar-refractivity contribution in [2.45, 2.75) is 25.9 Å². The van der Waals surface area contributed by atoms with Crippen molar-refractivity contribution in [2.24, 2.45) is 0 Å². The van der Waals surface area contributed by atoms with E-state index >= 15 is 0 Å². The van der Waals surface area contributed by atoms with Crippen molar-refractivity contribution in [1.82, 2.24) is 5.16 Å². The lowest BCUT2D eigenvalue weighted by Crippen LogP contribution is -2.17. The number of benzene rings is 2. The average molecular weight is 392 g/mol. The van der Waals surface area contributed by atoms with Gasteiger partial charge in [-0.2, -0.15) is 0 Å². The summed E-state index contributed by atoms with van der Waals surface area (Å²) in [6, 6.07) is 14.3. The van der Waals surface area contributed by atoms with E-state index < -0.39 is 5.97 Å². The maximum Gasteiger partial charge on any atom is 0.339 e. The van der Waals surface area contributed by atoms with E-state index in [1.807, 2.05) is 25.1 Å². The van der Waals surface area contributed by atoms with Crippen molar-refractivity contribution in [3.05, 3.63) is 65.4 Å². The summed E-state index contributed by atoms with van der Waals surface area (Å²) >= 11 is 0. The van der Waals surface area contributed by atoms with E-state index in [2.05, 4.69) is 10.5 Å². The van der Waals surface area contributed by atoms with Crippen LogP contribution in [0.1, 0.15) is 28.5 Å². The molecule has 0 spiro atoms. The number of esters is 1. The van der Waals surface area contributed by atoms with Crippen molar-refractivity contribution in [1.29, 1.82) is 0 Å². The summed E-state index contributed by atoms with van der Waals surface area (Å²) in [6.45, 7) is 2.03. The molecule has 1 N–H and O–H groups in total. The maximum atomic E-state index is 12.4. The molecule has 0 bridgehead atoms. The molecule has 1 aromatic heterocycles. The van der Waals surface area contributed by atoms with Crippen LogP contribution in [-0.2, 0) is 22.4 Å². The van der Waals surface area contributed by atoms with Crippen LogP contribution in [0.25, 0.3) is 11.3 Å². The Labute approximate surface area is 167 Å². The average Bonchev–Trinajstić information content (AvgIpc) is 3.32.